The van der Waals surface area contributed by atoms with Crippen molar-refractivity contribution in [1.29, 1.82) is 0 Å². The van der Waals surface area contributed by atoms with Gasteiger partial charge < -0.3 is 0 Å². The van der Waals surface area contributed by atoms with Crippen LogP contribution in [0, 0.1) is 0 Å². The molecule has 46 heavy (non-hydrogen) atoms. The van der Waals surface area contributed by atoms with E-state index in [1.54, 1.807) is 0 Å². The Kier molecular flexibility index (Phi) is 6.21. The topological polar surface area (TPSA) is 12.9 Å². The molecular formula is C45H29N. The molecule has 0 atom stereocenters. The van der Waals surface area contributed by atoms with Crippen LogP contribution in [0.1, 0.15) is 0 Å². The summed E-state index contributed by atoms with van der Waals surface area (Å²) in [4.78, 5) is 4.55. The van der Waals surface area contributed by atoms with Crippen molar-refractivity contribution in [2.45, 2.75) is 0 Å². The molecule has 8 aromatic carbocycles. The lowest BCUT2D eigenvalue weighted by Crippen LogP contribution is -1.92. The van der Waals surface area contributed by atoms with Gasteiger partial charge in [0.1, 0.15) is 0 Å². The summed E-state index contributed by atoms with van der Waals surface area (Å²) in [7, 11) is 0. The highest BCUT2D eigenvalue weighted by Crippen LogP contribution is 2.45. The van der Waals surface area contributed by atoms with E-state index in [0.717, 1.165) is 11.3 Å². The standard InChI is InChI=1S/C45H29N/c1-3-11-34-27-37(22-18-30(34)9-1)44-39-13-5-6-14-40(39)45(38-23-19-31-10-2-4-12-35(31)28-38)42-29-36(24-25-41(42)44)32-16-20-33(21-17-32)43-15-7-8-26-46-43/h1-29H. The van der Waals surface area contributed by atoms with E-state index in [0.29, 0.717) is 0 Å². The SMILES string of the molecule is c1ccc(-c2ccc(-c3ccc4c(-c5ccc6ccccc6c5)c5ccccc5c(-c5ccc6ccccc6c5)c4c3)cc2)nc1. The van der Waals surface area contributed by atoms with Crippen LogP contribution >= 0.6 is 0 Å². The number of aromatic nitrogens is 1. The van der Waals surface area contributed by atoms with Crippen molar-refractivity contribution in [1.82, 2.24) is 4.98 Å². The first-order valence-corrected chi connectivity index (χ1v) is 15.8. The van der Waals surface area contributed by atoms with Gasteiger partial charge in [-0.1, -0.05) is 140 Å². The summed E-state index contributed by atoms with van der Waals surface area (Å²) in [5.41, 5.74) is 9.49. The first-order valence-electron chi connectivity index (χ1n) is 15.8. The Labute approximate surface area is 268 Å². The molecule has 1 aromatic heterocycles. The molecule has 0 fully saturated rings. The molecule has 0 aliphatic rings. The lowest BCUT2D eigenvalue weighted by Gasteiger charge is -2.19. The summed E-state index contributed by atoms with van der Waals surface area (Å²) in [5, 5.41) is 10.0. The molecule has 0 aliphatic carbocycles. The number of rotatable bonds is 4. The lowest BCUT2D eigenvalue weighted by molar-refractivity contribution is 1.33. The van der Waals surface area contributed by atoms with Crippen molar-refractivity contribution in [3.8, 4) is 44.6 Å². The zero-order valence-electron chi connectivity index (χ0n) is 25.2. The van der Waals surface area contributed by atoms with Gasteiger partial charge in [0.05, 0.1) is 5.69 Å². The van der Waals surface area contributed by atoms with E-state index < -0.39 is 0 Å². The number of nitrogens with zero attached hydrogens (tertiary/aromatic N) is 1. The fraction of sp³-hybridized carbons (Fsp3) is 0. The van der Waals surface area contributed by atoms with Crippen LogP contribution in [0.15, 0.2) is 176 Å². The largest absolute Gasteiger partial charge is 0.256 e. The average molecular weight is 584 g/mol. The quantitative estimate of drug-likeness (QED) is 0.188. The number of fused-ring (bicyclic) bond motifs is 4. The molecule has 9 rings (SSSR count). The number of hydrogen-bond donors (Lipinski definition) is 0. The normalized spacial score (nSPS) is 11.5. The molecule has 0 bridgehead atoms. The minimum Gasteiger partial charge on any atom is -0.256 e. The van der Waals surface area contributed by atoms with Crippen LogP contribution in [0.3, 0.4) is 0 Å². The molecule has 0 aliphatic heterocycles. The summed E-state index contributed by atoms with van der Waals surface area (Å²) in [6, 6.07) is 61.7. The van der Waals surface area contributed by atoms with Crippen molar-refractivity contribution in [3.63, 3.8) is 0 Å². The molecule has 0 radical (unpaired) electrons. The van der Waals surface area contributed by atoms with E-state index in [1.165, 1.54) is 76.5 Å². The van der Waals surface area contributed by atoms with Crippen molar-refractivity contribution in [2.75, 3.05) is 0 Å². The van der Waals surface area contributed by atoms with Crippen LogP contribution < -0.4 is 0 Å². The Morgan fingerprint density at radius 2 is 0.761 bits per heavy atom. The Morgan fingerprint density at radius 3 is 1.37 bits per heavy atom. The number of benzene rings is 8. The van der Waals surface area contributed by atoms with Crippen LogP contribution in [0.2, 0.25) is 0 Å². The molecule has 0 N–H and O–H groups in total. The van der Waals surface area contributed by atoms with Crippen molar-refractivity contribution >= 4 is 43.1 Å². The minimum absolute atomic E-state index is 0.984. The van der Waals surface area contributed by atoms with E-state index >= 15 is 0 Å². The molecule has 1 heteroatoms. The average Bonchev–Trinajstić information content (AvgIpc) is 3.13. The Bertz CT molecular complexity index is 2560. The van der Waals surface area contributed by atoms with Gasteiger partial charge in [0, 0.05) is 11.8 Å². The van der Waals surface area contributed by atoms with Gasteiger partial charge in [-0.05, 0) is 107 Å². The van der Waals surface area contributed by atoms with Gasteiger partial charge in [0.15, 0.2) is 0 Å². The Morgan fingerprint density at radius 1 is 0.283 bits per heavy atom. The summed E-state index contributed by atoms with van der Waals surface area (Å²) in [5.74, 6) is 0. The third-order valence-electron chi connectivity index (χ3n) is 9.28. The van der Waals surface area contributed by atoms with Crippen LogP contribution in [-0.4, -0.2) is 4.98 Å². The third kappa shape index (κ3) is 4.45. The second kappa shape index (κ2) is 10.8. The molecule has 0 unspecified atom stereocenters. The van der Waals surface area contributed by atoms with E-state index in [4.69, 9.17) is 0 Å². The number of hydrogen-bond acceptors (Lipinski definition) is 1. The lowest BCUT2D eigenvalue weighted by atomic mass is 9.84. The molecule has 0 amide bonds. The maximum absolute atomic E-state index is 4.55. The minimum atomic E-state index is 0.984. The van der Waals surface area contributed by atoms with E-state index in [-0.39, 0.29) is 0 Å². The van der Waals surface area contributed by atoms with E-state index in [1.807, 2.05) is 18.3 Å². The molecule has 1 heterocycles. The third-order valence-corrected chi connectivity index (χ3v) is 9.28. The molecule has 0 saturated carbocycles. The van der Waals surface area contributed by atoms with Gasteiger partial charge in [0.25, 0.3) is 0 Å². The number of pyridine rings is 1. The monoisotopic (exact) mass is 583 g/mol. The summed E-state index contributed by atoms with van der Waals surface area (Å²) >= 11 is 0. The predicted octanol–water partition coefficient (Wildman–Crippen LogP) is 12.4. The van der Waals surface area contributed by atoms with Crippen molar-refractivity contribution in [2.24, 2.45) is 0 Å². The smallest absolute Gasteiger partial charge is 0.0701 e. The fourth-order valence-electron chi connectivity index (χ4n) is 7.04. The highest BCUT2D eigenvalue weighted by atomic mass is 14.7. The van der Waals surface area contributed by atoms with Gasteiger partial charge in [-0.2, -0.15) is 0 Å². The first-order chi connectivity index (χ1) is 22.8. The van der Waals surface area contributed by atoms with Crippen LogP contribution in [0.5, 0.6) is 0 Å². The molecule has 9 aromatic rings. The second-order valence-electron chi connectivity index (χ2n) is 12.0. The maximum atomic E-state index is 4.55. The van der Waals surface area contributed by atoms with Gasteiger partial charge in [-0.15, -0.1) is 0 Å². The molecule has 0 saturated heterocycles. The van der Waals surface area contributed by atoms with Crippen LogP contribution in [0.25, 0.3) is 87.7 Å². The maximum Gasteiger partial charge on any atom is 0.0701 e. The molecule has 0 spiro atoms. The molecule has 214 valence electrons. The first kappa shape index (κ1) is 26.4. The highest BCUT2D eigenvalue weighted by molar-refractivity contribution is 6.22. The van der Waals surface area contributed by atoms with Crippen molar-refractivity contribution in [3.05, 3.63) is 176 Å². The zero-order chi connectivity index (χ0) is 30.5. The fourth-order valence-corrected chi connectivity index (χ4v) is 7.04. The Hall–Kier alpha value is -6.05. The van der Waals surface area contributed by atoms with E-state index in [9.17, 15) is 0 Å². The van der Waals surface area contributed by atoms with Gasteiger partial charge >= 0.3 is 0 Å². The summed E-state index contributed by atoms with van der Waals surface area (Å²) < 4.78 is 0. The van der Waals surface area contributed by atoms with Crippen LogP contribution in [0.4, 0.5) is 0 Å². The van der Waals surface area contributed by atoms with Gasteiger partial charge in [0.2, 0.25) is 0 Å². The zero-order valence-corrected chi connectivity index (χ0v) is 25.2. The van der Waals surface area contributed by atoms with Gasteiger partial charge in [-0.3, -0.25) is 4.98 Å². The van der Waals surface area contributed by atoms with Crippen molar-refractivity contribution < 1.29 is 0 Å². The molecule has 1 nitrogen and oxygen atoms in total. The summed E-state index contributed by atoms with van der Waals surface area (Å²) in [6.07, 6.45) is 1.85. The molecular weight excluding hydrogens is 555 g/mol. The highest BCUT2D eigenvalue weighted by Gasteiger charge is 2.18. The van der Waals surface area contributed by atoms with E-state index in [2.05, 4.69) is 163 Å². The summed E-state index contributed by atoms with van der Waals surface area (Å²) in [6.45, 7) is 0. The van der Waals surface area contributed by atoms with Crippen LogP contribution in [-0.2, 0) is 0 Å². The predicted molar refractivity (Wildman–Crippen MR) is 196 cm³/mol. The second-order valence-corrected chi connectivity index (χ2v) is 12.0. The van der Waals surface area contributed by atoms with Gasteiger partial charge in [-0.25, -0.2) is 0 Å². The Balaban J connectivity index is 1.33.